The van der Waals surface area contributed by atoms with Crippen LogP contribution in [-0.2, 0) is 6.61 Å². The molecule has 1 aliphatic rings. The minimum absolute atomic E-state index is 0.0862. The van der Waals surface area contributed by atoms with Gasteiger partial charge in [0.15, 0.2) is 5.69 Å². The van der Waals surface area contributed by atoms with Crippen molar-refractivity contribution in [1.29, 1.82) is 0 Å². The molecule has 6 nitrogen and oxygen atoms in total. The molecule has 0 atom stereocenters. The van der Waals surface area contributed by atoms with Gasteiger partial charge in [-0.15, -0.1) is 0 Å². The summed E-state index contributed by atoms with van der Waals surface area (Å²) in [6, 6.07) is 6.99. The number of anilines is 2. The van der Waals surface area contributed by atoms with E-state index < -0.39 is 5.91 Å². The summed E-state index contributed by atoms with van der Waals surface area (Å²) in [5.41, 5.74) is 1.45. The van der Waals surface area contributed by atoms with Gasteiger partial charge in [-0.3, -0.25) is 4.79 Å². The molecule has 0 aliphatic carbocycles. The number of rotatable bonds is 4. The van der Waals surface area contributed by atoms with Crippen LogP contribution in [0.2, 0.25) is 5.02 Å². The number of hydrogen-bond acceptors (Lipinski definition) is 5. The molecular weight excluding hydrogens is 316 g/mol. The van der Waals surface area contributed by atoms with Crippen molar-refractivity contribution in [3.8, 4) is 0 Å². The standard InChI is InChI=1S/C16H17ClN4O2/c17-13-9-18-16(21-6-1-2-7-21)20-14(13)15(23)19-12-5-3-4-11(8-12)10-22/h3-5,8-9,22H,1-2,6-7,10H2,(H,19,23). The topological polar surface area (TPSA) is 78.3 Å². The highest BCUT2D eigenvalue weighted by Gasteiger charge is 2.19. The molecule has 1 aliphatic heterocycles. The van der Waals surface area contributed by atoms with Crippen LogP contribution in [0.25, 0.3) is 0 Å². The number of amides is 1. The van der Waals surface area contributed by atoms with Crippen molar-refractivity contribution in [2.24, 2.45) is 0 Å². The Bertz CT molecular complexity index is 717. The number of nitrogens with one attached hydrogen (secondary N) is 1. The first kappa shape index (κ1) is 15.7. The van der Waals surface area contributed by atoms with Crippen LogP contribution in [0, 0.1) is 0 Å². The molecule has 1 aromatic heterocycles. The molecule has 2 heterocycles. The highest BCUT2D eigenvalue weighted by atomic mass is 35.5. The number of aromatic nitrogens is 2. The Labute approximate surface area is 139 Å². The molecule has 1 aromatic carbocycles. The molecule has 7 heteroatoms. The fraction of sp³-hybridized carbons (Fsp3) is 0.312. The second kappa shape index (κ2) is 6.93. The third kappa shape index (κ3) is 3.60. The Hall–Kier alpha value is -2.18. The summed E-state index contributed by atoms with van der Waals surface area (Å²) in [5.74, 6) is 0.133. The monoisotopic (exact) mass is 332 g/mol. The van der Waals surface area contributed by atoms with E-state index in [2.05, 4.69) is 15.3 Å². The minimum Gasteiger partial charge on any atom is -0.392 e. The summed E-state index contributed by atoms with van der Waals surface area (Å²) in [7, 11) is 0. The summed E-state index contributed by atoms with van der Waals surface area (Å²) >= 11 is 6.08. The van der Waals surface area contributed by atoms with Crippen LogP contribution < -0.4 is 10.2 Å². The molecular formula is C16H17ClN4O2. The molecule has 0 bridgehead atoms. The summed E-state index contributed by atoms with van der Waals surface area (Å²) in [4.78, 5) is 23.0. The van der Waals surface area contributed by atoms with E-state index in [9.17, 15) is 4.79 Å². The van der Waals surface area contributed by atoms with Crippen LogP contribution in [0.1, 0.15) is 28.9 Å². The van der Waals surface area contributed by atoms with Crippen molar-refractivity contribution in [3.05, 3.63) is 46.7 Å². The number of nitrogens with zero attached hydrogens (tertiary/aromatic N) is 3. The van der Waals surface area contributed by atoms with E-state index in [4.69, 9.17) is 16.7 Å². The van der Waals surface area contributed by atoms with E-state index in [1.165, 1.54) is 6.20 Å². The Kier molecular flexibility index (Phi) is 4.73. The molecule has 0 unspecified atom stereocenters. The fourth-order valence-corrected chi connectivity index (χ4v) is 2.70. The molecule has 0 saturated carbocycles. The van der Waals surface area contributed by atoms with E-state index in [1.807, 2.05) is 4.90 Å². The molecule has 0 spiro atoms. The van der Waals surface area contributed by atoms with Gasteiger partial charge in [0.1, 0.15) is 0 Å². The number of halogens is 1. The Balaban J connectivity index is 1.81. The van der Waals surface area contributed by atoms with Gasteiger partial charge in [0.2, 0.25) is 5.95 Å². The Morgan fingerprint density at radius 1 is 1.35 bits per heavy atom. The van der Waals surface area contributed by atoms with Crippen LogP contribution in [0.5, 0.6) is 0 Å². The molecule has 1 fully saturated rings. The minimum atomic E-state index is -0.395. The predicted octanol–water partition coefficient (Wildman–Crippen LogP) is 2.47. The highest BCUT2D eigenvalue weighted by molar-refractivity contribution is 6.34. The lowest BCUT2D eigenvalue weighted by Crippen LogP contribution is -2.23. The quantitative estimate of drug-likeness (QED) is 0.899. The normalized spacial score (nSPS) is 14.1. The van der Waals surface area contributed by atoms with Crippen LogP contribution in [0.3, 0.4) is 0 Å². The summed E-state index contributed by atoms with van der Waals surface area (Å²) in [6.07, 6.45) is 3.66. The lowest BCUT2D eigenvalue weighted by atomic mass is 10.2. The SMILES string of the molecule is O=C(Nc1cccc(CO)c1)c1nc(N2CCCC2)ncc1Cl. The molecule has 2 aromatic rings. The summed E-state index contributed by atoms with van der Waals surface area (Å²) in [5, 5.41) is 12.1. The maximum Gasteiger partial charge on any atom is 0.276 e. The third-order valence-electron chi connectivity index (χ3n) is 3.70. The van der Waals surface area contributed by atoms with Gasteiger partial charge in [-0.25, -0.2) is 9.97 Å². The largest absolute Gasteiger partial charge is 0.392 e. The first-order chi connectivity index (χ1) is 11.2. The molecule has 1 amide bonds. The van der Waals surface area contributed by atoms with Crippen molar-refractivity contribution in [2.45, 2.75) is 19.4 Å². The van der Waals surface area contributed by atoms with E-state index in [-0.39, 0.29) is 17.3 Å². The second-order valence-corrected chi connectivity index (χ2v) is 5.78. The van der Waals surface area contributed by atoms with Crippen molar-refractivity contribution in [1.82, 2.24) is 9.97 Å². The van der Waals surface area contributed by atoms with Crippen LogP contribution >= 0.6 is 11.6 Å². The zero-order chi connectivity index (χ0) is 16.2. The molecule has 0 radical (unpaired) electrons. The van der Waals surface area contributed by atoms with Gasteiger partial charge in [0.25, 0.3) is 5.91 Å². The lowest BCUT2D eigenvalue weighted by Gasteiger charge is -2.16. The van der Waals surface area contributed by atoms with Crippen LogP contribution in [0.4, 0.5) is 11.6 Å². The van der Waals surface area contributed by atoms with Gasteiger partial charge in [0.05, 0.1) is 17.8 Å². The van der Waals surface area contributed by atoms with Crippen LogP contribution in [-0.4, -0.2) is 34.1 Å². The Morgan fingerprint density at radius 2 is 2.13 bits per heavy atom. The zero-order valence-corrected chi connectivity index (χ0v) is 13.3. The summed E-state index contributed by atoms with van der Waals surface area (Å²) < 4.78 is 0. The summed E-state index contributed by atoms with van der Waals surface area (Å²) in [6.45, 7) is 1.69. The maximum atomic E-state index is 12.4. The fourth-order valence-electron chi connectivity index (χ4n) is 2.52. The zero-order valence-electron chi connectivity index (χ0n) is 12.5. The van der Waals surface area contributed by atoms with Crippen molar-refractivity contribution in [3.63, 3.8) is 0 Å². The number of carbonyl (C=O) groups excluding carboxylic acids is 1. The smallest absolute Gasteiger partial charge is 0.276 e. The average molecular weight is 333 g/mol. The number of hydrogen-bond donors (Lipinski definition) is 2. The molecule has 120 valence electrons. The molecule has 2 N–H and O–H groups in total. The molecule has 23 heavy (non-hydrogen) atoms. The van der Waals surface area contributed by atoms with Gasteiger partial charge >= 0.3 is 0 Å². The number of aliphatic hydroxyl groups excluding tert-OH is 1. The maximum absolute atomic E-state index is 12.4. The lowest BCUT2D eigenvalue weighted by molar-refractivity contribution is 0.102. The Morgan fingerprint density at radius 3 is 2.87 bits per heavy atom. The van der Waals surface area contributed by atoms with Crippen LogP contribution in [0.15, 0.2) is 30.5 Å². The molecule has 3 rings (SSSR count). The number of benzene rings is 1. The predicted molar refractivity (Wildman–Crippen MR) is 88.8 cm³/mol. The van der Waals surface area contributed by atoms with Gasteiger partial charge in [-0.1, -0.05) is 23.7 Å². The van der Waals surface area contributed by atoms with E-state index >= 15 is 0 Å². The van der Waals surface area contributed by atoms with Gasteiger partial charge in [0, 0.05) is 18.8 Å². The third-order valence-corrected chi connectivity index (χ3v) is 3.98. The van der Waals surface area contributed by atoms with Crippen molar-refractivity contribution < 1.29 is 9.90 Å². The van der Waals surface area contributed by atoms with E-state index in [0.29, 0.717) is 17.2 Å². The first-order valence-corrected chi connectivity index (χ1v) is 7.84. The number of aliphatic hydroxyl groups is 1. The van der Waals surface area contributed by atoms with Crippen molar-refractivity contribution in [2.75, 3.05) is 23.3 Å². The van der Waals surface area contributed by atoms with E-state index in [0.717, 1.165) is 25.9 Å². The van der Waals surface area contributed by atoms with Gasteiger partial charge in [-0.05, 0) is 30.5 Å². The highest BCUT2D eigenvalue weighted by Crippen LogP contribution is 2.21. The second-order valence-electron chi connectivity index (χ2n) is 5.37. The van der Waals surface area contributed by atoms with E-state index in [1.54, 1.807) is 24.3 Å². The van der Waals surface area contributed by atoms with Gasteiger partial charge in [-0.2, -0.15) is 0 Å². The van der Waals surface area contributed by atoms with Gasteiger partial charge < -0.3 is 15.3 Å². The first-order valence-electron chi connectivity index (χ1n) is 7.46. The van der Waals surface area contributed by atoms with Crippen molar-refractivity contribution >= 4 is 29.1 Å². The average Bonchev–Trinajstić information content (AvgIpc) is 3.10. The molecule has 1 saturated heterocycles. The number of carbonyl (C=O) groups is 1.